The Morgan fingerprint density at radius 2 is 1.42 bits per heavy atom. The fourth-order valence-corrected chi connectivity index (χ4v) is 4.18. The standard InChI is InChI=1S/C31H25N3O2/c1-36-28-19-11-16-25(20-28)31(35)33-32-22-26-21-29(23-12-5-2-6-13-23)34(27-17-9-4-10-18-27)30(26)24-14-7-3-8-15-24/h2-22H,1H3,(H,33,35)/b32-22-. The summed E-state index contributed by atoms with van der Waals surface area (Å²) in [5.41, 5.74) is 9.19. The molecule has 0 bridgehead atoms. The minimum absolute atomic E-state index is 0.308. The van der Waals surface area contributed by atoms with Crippen LogP contribution in [0.3, 0.4) is 0 Å². The summed E-state index contributed by atoms with van der Waals surface area (Å²) in [4.78, 5) is 12.7. The highest BCUT2D eigenvalue weighted by Gasteiger charge is 2.18. The first-order valence-electron chi connectivity index (χ1n) is 11.6. The maximum atomic E-state index is 12.7. The number of methoxy groups -OCH3 is 1. The van der Waals surface area contributed by atoms with Gasteiger partial charge in [-0.05, 0) is 47.5 Å². The van der Waals surface area contributed by atoms with Crippen LogP contribution in [0.4, 0.5) is 0 Å². The van der Waals surface area contributed by atoms with Gasteiger partial charge in [0.15, 0.2) is 0 Å². The van der Waals surface area contributed by atoms with E-state index >= 15 is 0 Å². The SMILES string of the molecule is COc1cccc(C(=O)N/N=C\c2cc(-c3ccccc3)n(-c3ccccc3)c2-c2ccccc2)c1. The largest absolute Gasteiger partial charge is 0.497 e. The molecule has 4 aromatic carbocycles. The molecule has 0 unspecified atom stereocenters. The number of aromatic nitrogens is 1. The molecule has 1 N–H and O–H groups in total. The Kier molecular flexibility index (Phi) is 6.72. The van der Waals surface area contributed by atoms with Gasteiger partial charge in [-0.25, -0.2) is 5.43 Å². The van der Waals surface area contributed by atoms with Gasteiger partial charge in [0.1, 0.15) is 5.75 Å². The minimum Gasteiger partial charge on any atom is -0.497 e. The number of carbonyl (C=O) groups is 1. The van der Waals surface area contributed by atoms with E-state index in [1.165, 1.54) is 0 Å². The lowest BCUT2D eigenvalue weighted by Crippen LogP contribution is -2.17. The summed E-state index contributed by atoms with van der Waals surface area (Å²) in [7, 11) is 1.57. The summed E-state index contributed by atoms with van der Waals surface area (Å²) < 4.78 is 7.45. The van der Waals surface area contributed by atoms with Crippen LogP contribution in [-0.2, 0) is 0 Å². The monoisotopic (exact) mass is 471 g/mol. The molecule has 176 valence electrons. The summed E-state index contributed by atoms with van der Waals surface area (Å²) in [5.74, 6) is 0.308. The molecular weight excluding hydrogens is 446 g/mol. The van der Waals surface area contributed by atoms with Gasteiger partial charge >= 0.3 is 0 Å². The maximum Gasteiger partial charge on any atom is 0.271 e. The van der Waals surface area contributed by atoms with Crippen molar-refractivity contribution in [1.29, 1.82) is 0 Å². The number of para-hydroxylation sites is 1. The summed E-state index contributed by atoms with van der Waals surface area (Å²) in [6.07, 6.45) is 1.70. The van der Waals surface area contributed by atoms with Crippen molar-refractivity contribution in [2.45, 2.75) is 0 Å². The molecule has 36 heavy (non-hydrogen) atoms. The van der Waals surface area contributed by atoms with Gasteiger partial charge in [0, 0.05) is 16.8 Å². The lowest BCUT2D eigenvalue weighted by atomic mass is 10.1. The van der Waals surface area contributed by atoms with Crippen LogP contribution < -0.4 is 10.2 Å². The second kappa shape index (κ2) is 10.6. The van der Waals surface area contributed by atoms with Gasteiger partial charge in [0.2, 0.25) is 0 Å². The number of amides is 1. The second-order valence-corrected chi connectivity index (χ2v) is 8.17. The van der Waals surface area contributed by atoms with Gasteiger partial charge in [-0.2, -0.15) is 5.10 Å². The molecule has 0 aliphatic carbocycles. The molecule has 1 aromatic heterocycles. The summed E-state index contributed by atoms with van der Waals surface area (Å²) >= 11 is 0. The Morgan fingerprint density at radius 1 is 0.778 bits per heavy atom. The van der Waals surface area contributed by atoms with E-state index in [1.807, 2.05) is 54.6 Å². The third-order valence-corrected chi connectivity index (χ3v) is 5.86. The Hall–Kier alpha value is -4.90. The molecule has 5 aromatic rings. The van der Waals surface area contributed by atoms with E-state index in [9.17, 15) is 4.79 Å². The number of rotatable bonds is 7. The van der Waals surface area contributed by atoms with Gasteiger partial charge in [0.25, 0.3) is 5.91 Å². The highest BCUT2D eigenvalue weighted by molar-refractivity contribution is 5.97. The van der Waals surface area contributed by atoms with Gasteiger partial charge in [-0.3, -0.25) is 4.79 Å². The predicted octanol–water partition coefficient (Wildman–Crippen LogP) is 6.58. The first kappa shape index (κ1) is 22.9. The molecule has 0 saturated carbocycles. The number of nitrogens with zero attached hydrogens (tertiary/aromatic N) is 2. The third-order valence-electron chi connectivity index (χ3n) is 5.86. The van der Waals surface area contributed by atoms with Crippen molar-refractivity contribution in [3.05, 3.63) is 132 Å². The number of carbonyl (C=O) groups excluding carboxylic acids is 1. The van der Waals surface area contributed by atoms with Gasteiger partial charge < -0.3 is 9.30 Å². The lowest BCUT2D eigenvalue weighted by molar-refractivity contribution is 0.0955. The smallest absolute Gasteiger partial charge is 0.271 e. The molecule has 0 fully saturated rings. The number of hydrogen-bond donors (Lipinski definition) is 1. The zero-order valence-corrected chi connectivity index (χ0v) is 19.8. The normalized spacial score (nSPS) is 10.9. The molecule has 1 amide bonds. The van der Waals surface area contributed by atoms with Crippen LogP contribution in [0.1, 0.15) is 15.9 Å². The molecule has 5 heteroatoms. The van der Waals surface area contributed by atoms with E-state index in [2.05, 4.69) is 57.6 Å². The van der Waals surface area contributed by atoms with Crippen LogP contribution in [0.5, 0.6) is 5.75 Å². The van der Waals surface area contributed by atoms with Crippen LogP contribution in [0.2, 0.25) is 0 Å². The highest BCUT2D eigenvalue weighted by atomic mass is 16.5. The Labute approximate surface area is 210 Å². The van der Waals surface area contributed by atoms with Crippen molar-refractivity contribution >= 4 is 12.1 Å². The summed E-state index contributed by atoms with van der Waals surface area (Å²) in [5, 5.41) is 4.32. The highest BCUT2D eigenvalue weighted by Crippen LogP contribution is 2.35. The van der Waals surface area contributed by atoms with Gasteiger partial charge in [-0.15, -0.1) is 0 Å². The number of nitrogens with one attached hydrogen (secondary N) is 1. The molecule has 0 aliphatic heterocycles. The Morgan fingerprint density at radius 3 is 2.08 bits per heavy atom. The Bertz CT molecular complexity index is 1490. The average Bonchev–Trinajstić information content (AvgIpc) is 3.34. The van der Waals surface area contributed by atoms with Crippen molar-refractivity contribution in [2.75, 3.05) is 7.11 Å². The minimum atomic E-state index is -0.308. The fraction of sp³-hybridized carbons (Fsp3) is 0.0323. The van der Waals surface area contributed by atoms with Crippen LogP contribution in [0.25, 0.3) is 28.2 Å². The van der Waals surface area contributed by atoms with E-state index < -0.39 is 0 Å². The molecule has 5 nitrogen and oxygen atoms in total. The molecule has 0 spiro atoms. The van der Waals surface area contributed by atoms with Crippen LogP contribution in [-0.4, -0.2) is 23.8 Å². The zero-order valence-electron chi connectivity index (χ0n) is 19.8. The van der Waals surface area contributed by atoms with Crippen LogP contribution in [0, 0.1) is 0 Å². The van der Waals surface area contributed by atoms with Crippen LogP contribution in [0.15, 0.2) is 126 Å². The number of benzene rings is 4. The molecule has 5 rings (SSSR count). The zero-order chi connectivity index (χ0) is 24.7. The first-order chi connectivity index (χ1) is 17.7. The van der Waals surface area contributed by atoms with Crippen molar-refractivity contribution < 1.29 is 9.53 Å². The topological polar surface area (TPSA) is 55.6 Å². The summed E-state index contributed by atoms with van der Waals surface area (Å²) in [6.45, 7) is 0. The van der Waals surface area contributed by atoms with E-state index in [4.69, 9.17) is 4.74 Å². The van der Waals surface area contributed by atoms with Crippen molar-refractivity contribution in [1.82, 2.24) is 9.99 Å². The van der Waals surface area contributed by atoms with Gasteiger partial charge in [-0.1, -0.05) is 84.9 Å². The number of hydrazone groups is 1. The van der Waals surface area contributed by atoms with Crippen LogP contribution >= 0.6 is 0 Å². The fourth-order valence-electron chi connectivity index (χ4n) is 4.18. The quantitative estimate of drug-likeness (QED) is 0.215. The molecule has 1 heterocycles. The number of ether oxygens (including phenoxy) is 1. The van der Waals surface area contributed by atoms with E-state index in [0.717, 1.165) is 33.8 Å². The molecule has 0 aliphatic rings. The summed E-state index contributed by atoms with van der Waals surface area (Å²) in [6, 6.07) is 39.8. The third kappa shape index (κ3) is 4.81. The average molecular weight is 472 g/mol. The molecule has 0 radical (unpaired) electrons. The van der Waals surface area contributed by atoms with E-state index in [1.54, 1.807) is 37.6 Å². The first-order valence-corrected chi connectivity index (χ1v) is 11.6. The molecule has 0 saturated heterocycles. The second-order valence-electron chi connectivity index (χ2n) is 8.17. The lowest BCUT2D eigenvalue weighted by Gasteiger charge is -2.15. The number of hydrogen-bond acceptors (Lipinski definition) is 3. The van der Waals surface area contributed by atoms with Crippen molar-refractivity contribution in [3.8, 4) is 34.0 Å². The maximum absolute atomic E-state index is 12.7. The van der Waals surface area contributed by atoms with Gasteiger partial charge in [0.05, 0.1) is 24.7 Å². The van der Waals surface area contributed by atoms with E-state index in [0.29, 0.717) is 11.3 Å². The van der Waals surface area contributed by atoms with E-state index in [-0.39, 0.29) is 5.91 Å². The Balaban J connectivity index is 1.60. The van der Waals surface area contributed by atoms with Crippen molar-refractivity contribution in [3.63, 3.8) is 0 Å². The van der Waals surface area contributed by atoms with Crippen molar-refractivity contribution in [2.24, 2.45) is 5.10 Å². The predicted molar refractivity (Wildman–Crippen MR) is 145 cm³/mol. The molecule has 0 atom stereocenters. The molecular formula is C31H25N3O2.